The summed E-state index contributed by atoms with van der Waals surface area (Å²) in [6.45, 7) is 7.14. The second-order valence-electron chi connectivity index (χ2n) is 5.38. The maximum atomic E-state index is 9.82. The Balaban J connectivity index is 1.89. The minimum Gasteiger partial charge on any atom is -0.392 e. The first-order valence-corrected chi connectivity index (χ1v) is 6.56. The first kappa shape index (κ1) is 12.6. The molecule has 2 N–H and O–H groups in total. The summed E-state index contributed by atoms with van der Waals surface area (Å²) in [4.78, 5) is 0. The van der Waals surface area contributed by atoms with Crippen LogP contribution in [0.1, 0.15) is 42.5 Å². The number of aliphatic hydroxyl groups excluding tert-OH is 1. The highest BCUT2D eigenvalue weighted by Crippen LogP contribution is 2.32. The third-order valence-corrected chi connectivity index (χ3v) is 3.83. The van der Waals surface area contributed by atoms with E-state index in [1.807, 2.05) is 0 Å². The largest absolute Gasteiger partial charge is 0.392 e. The number of aryl methyl sites for hydroxylation is 2. The molecule has 2 heteroatoms. The number of nitrogens with one attached hydrogen (secondary N) is 1. The summed E-state index contributed by atoms with van der Waals surface area (Å²) in [6, 6.07) is 6.88. The van der Waals surface area contributed by atoms with E-state index in [0.717, 1.165) is 0 Å². The van der Waals surface area contributed by atoms with Gasteiger partial charge < -0.3 is 10.4 Å². The van der Waals surface area contributed by atoms with Gasteiger partial charge in [0.1, 0.15) is 0 Å². The lowest BCUT2D eigenvalue weighted by Crippen LogP contribution is -2.30. The van der Waals surface area contributed by atoms with Crippen LogP contribution in [-0.2, 0) is 0 Å². The Morgan fingerprint density at radius 1 is 1.29 bits per heavy atom. The van der Waals surface area contributed by atoms with Crippen molar-refractivity contribution >= 4 is 0 Å². The van der Waals surface area contributed by atoms with Crippen LogP contribution in [0.4, 0.5) is 0 Å². The number of hydrogen-bond acceptors (Lipinski definition) is 2. The van der Waals surface area contributed by atoms with Gasteiger partial charge in [0, 0.05) is 12.6 Å². The van der Waals surface area contributed by atoms with Crippen LogP contribution in [0, 0.1) is 19.8 Å². The van der Waals surface area contributed by atoms with Gasteiger partial charge in [0.15, 0.2) is 0 Å². The van der Waals surface area contributed by atoms with E-state index in [2.05, 4.69) is 44.3 Å². The van der Waals surface area contributed by atoms with Crippen molar-refractivity contribution in [3.8, 4) is 0 Å². The summed E-state index contributed by atoms with van der Waals surface area (Å²) in [7, 11) is 0. The predicted octanol–water partition coefficient (Wildman–Crippen LogP) is 2.72. The Kier molecular flexibility index (Phi) is 3.85. The summed E-state index contributed by atoms with van der Waals surface area (Å²) in [5, 5.41) is 13.2. The van der Waals surface area contributed by atoms with Crippen molar-refractivity contribution in [1.82, 2.24) is 5.32 Å². The Labute approximate surface area is 104 Å². The van der Waals surface area contributed by atoms with Crippen molar-refractivity contribution in [2.75, 3.05) is 6.54 Å². The van der Waals surface area contributed by atoms with E-state index in [1.165, 1.54) is 29.5 Å². The highest BCUT2D eigenvalue weighted by molar-refractivity contribution is 5.31. The lowest BCUT2D eigenvalue weighted by Gasteiger charge is -2.18. The minimum absolute atomic E-state index is 0.163. The van der Waals surface area contributed by atoms with E-state index in [0.29, 0.717) is 18.5 Å². The van der Waals surface area contributed by atoms with Gasteiger partial charge >= 0.3 is 0 Å². The van der Waals surface area contributed by atoms with Gasteiger partial charge in [-0.25, -0.2) is 0 Å². The number of benzene rings is 1. The SMILES string of the molecule is Cc1ccc(C(C)NCC(O)C2CC2)cc1C. The first-order valence-electron chi connectivity index (χ1n) is 6.56. The zero-order valence-corrected chi connectivity index (χ0v) is 11.0. The summed E-state index contributed by atoms with van der Waals surface area (Å²) in [5.74, 6) is 0.550. The molecule has 1 saturated carbocycles. The average Bonchev–Trinajstić information content (AvgIpc) is 3.13. The van der Waals surface area contributed by atoms with Gasteiger partial charge in [-0.05, 0) is 56.2 Å². The average molecular weight is 233 g/mol. The van der Waals surface area contributed by atoms with Crippen molar-refractivity contribution in [3.05, 3.63) is 34.9 Å². The Morgan fingerprint density at radius 2 is 2.00 bits per heavy atom. The van der Waals surface area contributed by atoms with Gasteiger partial charge in [0.05, 0.1) is 6.10 Å². The molecule has 0 bridgehead atoms. The van der Waals surface area contributed by atoms with E-state index < -0.39 is 0 Å². The molecule has 2 unspecified atom stereocenters. The lowest BCUT2D eigenvalue weighted by atomic mass is 10.0. The fourth-order valence-corrected chi connectivity index (χ4v) is 2.10. The van der Waals surface area contributed by atoms with Crippen molar-refractivity contribution in [2.24, 2.45) is 5.92 Å². The third kappa shape index (κ3) is 3.30. The van der Waals surface area contributed by atoms with Gasteiger partial charge in [-0.15, -0.1) is 0 Å². The number of hydrogen-bond donors (Lipinski definition) is 2. The molecule has 1 aliphatic carbocycles. The van der Waals surface area contributed by atoms with E-state index in [4.69, 9.17) is 0 Å². The molecule has 0 saturated heterocycles. The molecular formula is C15H23NO. The first-order chi connectivity index (χ1) is 8.08. The molecule has 94 valence electrons. The Morgan fingerprint density at radius 3 is 2.59 bits per heavy atom. The van der Waals surface area contributed by atoms with Gasteiger partial charge in [-0.3, -0.25) is 0 Å². The molecule has 0 heterocycles. The summed E-state index contributed by atoms with van der Waals surface area (Å²) in [5.41, 5.74) is 3.97. The fraction of sp³-hybridized carbons (Fsp3) is 0.600. The van der Waals surface area contributed by atoms with Crippen molar-refractivity contribution < 1.29 is 5.11 Å². The summed E-state index contributed by atoms with van der Waals surface area (Å²) >= 11 is 0. The molecule has 1 fully saturated rings. The lowest BCUT2D eigenvalue weighted by molar-refractivity contribution is 0.145. The summed E-state index contributed by atoms with van der Waals surface area (Å²) in [6.07, 6.45) is 2.23. The topological polar surface area (TPSA) is 32.3 Å². The smallest absolute Gasteiger partial charge is 0.0692 e. The quantitative estimate of drug-likeness (QED) is 0.819. The second-order valence-corrected chi connectivity index (χ2v) is 5.38. The molecule has 2 atom stereocenters. The van der Waals surface area contributed by atoms with E-state index in [-0.39, 0.29) is 6.10 Å². The standard InChI is InChI=1S/C15H23NO/c1-10-4-5-14(8-11(10)2)12(3)16-9-15(17)13-6-7-13/h4-5,8,12-13,15-17H,6-7,9H2,1-3H3. The minimum atomic E-state index is -0.163. The van der Waals surface area contributed by atoms with Gasteiger partial charge in [0.2, 0.25) is 0 Å². The molecule has 2 rings (SSSR count). The second kappa shape index (κ2) is 5.19. The van der Waals surface area contributed by atoms with Crippen LogP contribution in [0.15, 0.2) is 18.2 Å². The van der Waals surface area contributed by atoms with Gasteiger partial charge in [-0.1, -0.05) is 18.2 Å². The van der Waals surface area contributed by atoms with Crippen molar-refractivity contribution in [1.29, 1.82) is 0 Å². The third-order valence-electron chi connectivity index (χ3n) is 3.83. The van der Waals surface area contributed by atoms with Crippen LogP contribution in [0.3, 0.4) is 0 Å². The molecular weight excluding hydrogens is 210 g/mol. The normalized spacial score (nSPS) is 19.1. The van der Waals surface area contributed by atoms with Crippen LogP contribution >= 0.6 is 0 Å². The van der Waals surface area contributed by atoms with Crippen LogP contribution in [0.5, 0.6) is 0 Å². The van der Waals surface area contributed by atoms with E-state index in [1.54, 1.807) is 0 Å². The number of aliphatic hydroxyl groups is 1. The molecule has 0 aliphatic heterocycles. The monoisotopic (exact) mass is 233 g/mol. The zero-order valence-electron chi connectivity index (χ0n) is 11.0. The highest BCUT2D eigenvalue weighted by atomic mass is 16.3. The van der Waals surface area contributed by atoms with E-state index >= 15 is 0 Å². The Hall–Kier alpha value is -0.860. The van der Waals surface area contributed by atoms with Crippen LogP contribution in [0.25, 0.3) is 0 Å². The number of rotatable bonds is 5. The van der Waals surface area contributed by atoms with Crippen LogP contribution < -0.4 is 5.32 Å². The van der Waals surface area contributed by atoms with E-state index in [9.17, 15) is 5.11 Å². The highest BCUT2D eigenvalue weighted by Gasteiger charge is 2.29. The summed E-state index contributed by atoms with van der Waals surface area (Å²) < 4.78 is 0. The van der Waals surface area contributed by atoms with Crippen molar-refractivity contribution in [2.45, 2.75) is 45.8 Å². The molecule has 1 aromatic rings. The molecule has 2 nitrogen and oxygen atoms in total. The molecule has 0 spiro atoms. The predicted molar refractivity (Wildman–Crippen MR) is 71.1 cm³/mol. The fourth-order valence-electron chi connectivity index (χ4n) is 2.10. The van der Waals surface area contributed by atoms with Crippen LogP contribution in [0.2, 0.25) is 0 Å². The maximum Gasteiger partial charge on any atom is 0.0692 e. The molecule has 17 heavy (non-hydrogen) atoms. The van der Waals surface area contributed by atoms with Crippen molar-refractivity contribution in [3.63, 3.8) is 0 Å². The molecule has 1 aromatic carbocycles. The van der Waals surface area contributed by atoms with Crippen LogP contribution in [-0.4, -0.2) is 17.8 Å². The molecule has 1 aliphatic rings. The maximum absolute atomic E-state index is 9.82. The Bertz CT molecular complexity index is 385. The molecule has 0 amide bonds. The zero-order chi connectivity index (χ0) is 12.4. The van der Waals surface area contributed by atoms with Gasteiger partial charge in [0.25, 0.3) is 0 Å². The molecule has 0 radical (unpaired) electrons. The molecule has 0 aromatic heterocycles. The van der Waals surface area contributed by atoms with Gasteiger partial charge in [-0.2, -0.15) is 0 Å².